The molecule has 2 fully saturated rings. The first-order chi connectivity index (χ1) is 10.6. The van der Waals surface area contributed by atoms with E-state index in [1.807, 2.05) is 36.1 Å². The summed E-state index contributed by atoms with van der Waals surface area (Å²) in [6.45, 7) is 3.35. The van der Waals surface area contributed by atoms with Gasteiger partial charge in [0, 0.05) is 37.0 Å². The van der Waals surface area contributed by atoms with E-state index in [1.54, 1.807) is 0 Å². The zero-order valence-electron chi connectivity index (χ0n) is 13.2. The Morgan fingerprint density at radius 2 is 1.91 bits per heavy atom. The first-order valence-electron chi connectivity index (χ1n) is 8.28. The maximum Gasteiger partial charge on any atom is 0.227 e. The summed E-state index contributed by atoms with van der Waals surface area (Å²) in [5.41, 5.74) is 2.15. The minimum absolute atomic E-state index is 0.156. The molecule has 1 aromatic carbocycles. The standard InChI is InChI=1S/C18H24N2O2/c1-13-6-8-16(9-7-13)20-12-14(10-17(20)21)11-19-18(22)15-4-2-3-5-15/h6-9,14-15H,2-5,10-12H2,1H3,(H,19,22). The van der Waals surface area contributed by atoms with Gasteiger partial charge in [-0.1, -0.05) is 30.5 Å². The predicted octanol–water partition coefficient (Wildman–Crippen LogP) is 2.65. The number of rotatable bonds is 4. The number of nitrogens with zero attached hydrogens (tertiary/aromatic N) is 1. The van der Waals surface area contributed by atoms with Crippen LogP contribution in [0.4, 0.5) is 5.69 Å². The van der Waals surface area contributed by atoms with Gasteiger partial charge in [0.2, 0.25) is 11.8 Å². The lowest BCUT2D eigenvalue weighted by Crippen LogP contribution is -2.34. The molecule has 0 bridgehead atoms. The Balaban J connectivity index is 1.53. The molecular weight excluding hydrogens is 276 g/mol. The molecular formula is C18H24N2O2. The molecule has 1 aliphatic carbocycles. The molecule has 1 aromatic rings. The molecule has 2 amide bonds. The van der Waals surface area contributed by atoms with Gasteiger partial charge in [-0.15, -0.1) is 0 Å². The van der Waals surface area contributed by atoms with Gasteiger partial charge < -0.3 is 10.2 Å². The molecule has 0 spiro atoms. The van der Waals surface area contributed by atoms with Gasteiger partial charge in [-0.3, -0.25) is 9.59 Å². The molecule has 1 heterocycles. The van der Waals surface area contributed by atoms with Gasteiger partial charge in [-0.25, -0.2) is 0 Å². The van der Waals surface area contributed by atoms with Crippen LogP contribution in [0.15, 0.2) is 24.3 Å². The quantitative estimate of drug-likeness (QED) is 0.929. The molecule has 1 saturated carbocycles. The average Bonchev–Trinajstić information content (AvgIpc) is 3.15. The fraction of sp³-hybridized carbons (Fsp3) is 0.556. The number of carbonyl (C=O) groups is 2. The molecule has 3 rings (SSSR count). The van der Waals surface area contributed by atoms with E-state index in [2.05, 4.69) is 5.32 Å². The van der Waals surface area contributed by atoms with Gasteiger partial charge in [0.15, 0.2) is 0 Å². The molecule has 118 valence electrons. The van der Waals surface area contributed by atoms with Gasteiger partial charge in [-0.05, 0) is 31.9 Å². The Bertz CT molecular complexity index is 547. The average molecular weight is 300 g/mol. The number of carbonyl (C=O) groups excluding carboxylic acids is 2. The SMILES string of the molecule is Cc1ccc(N2CC(CNC(=O)C3CCCC3)CC2=O)cc1. The van der Waals surface area contributed by atoms with Crippen molar-refractivity contribution >= 4 is 17.5 Å². The molecule has 0 aromatic heterocycles. The summed E-state index contributed by atoms with van der Waals surface area (Å²) in [5, 5.41) is 3.05. The van der Waals surface area contributed by atoms with Crippen LogP contribution >= 0.6 is 0 Å². The van der Waals surface area contributed by atoms with E-state index in [9.17, 15) is 9.59 Å². The molecule has 1 saturated heterocycles. The fourth-order valence-corrected chi connectivity index (χ4v) is 3.47. The van der Waals surface area contributed by atoms with Gasteiger partial charge in [-0.2, -0.15) is 0 Å². The Kier molecular flexibility index (Phi) is 4.46. The number of hydrogen-bond acceptors (Lipinski definition) is 2. The van der Waals surface area contributed by atoms with E-state index in [-0.39, 0.29) is 23.7 Å². The van der Waals surface area contributed by atoms with Crippen LogP contribution < -0.4 is 10.2 Å². The van der Waals surface area contributed by atoms with E-state index in [0.29, 0.717) is 19.5 Å². The Morgan fingerprint density at radius 3 is 2.59 bits per heavy atom. The van der Waals surface area contributed by atoms with Crippen LogP contribution in [0.2, 0.25) is 0 Å². The van der Waals surface area contributed by atoms with Crippen molar-refractivity contribution in [1.82, 2.24) is 5.32 Å². The molecule has 2 aliphatic rings. The van der Waals surface area contributed by atoms with Crippen molar-refractivity contribution in [2.75, 3.05) is 18.0 Å². The third-order valence-corrected chi connectivity index (χ3v) is 4.84. The summed E-state index contributed by atoms with van der Waals surface area (Å²) in [6, 6.07) is 8.04. The van der Waals surface area contributed by atoms with Crippen LogP contribution in [0.25, 0.3) is 0 Å². The Hall–Kier alpha value is -1.84. The lowest BCUT2D eigenvalue weighted by Gasteiger charge is -2.17. The number of amides is 2. The number of benzene rings is 1. The van der Waals surface area contributed by atoms with Crippen molar-refractivity contribution in [3.8, 4) is 0 Å². The van der Waals surface area contributed by atoms with Crippen molar-refractivity contribution in [3.05, 3.63) is 29.8 Å². The van der Waals surface area contributed by atoms with Crippen LogP contribution in [0.1, 0.15) is 37.7 Å². The molecule has 0 radical (unpaired) electrons. The predicted molar refractivity (Wildman–Crippen MR) is 86.6 cm³/mol. The van der Waals surface area contributed by atoms with Crippen LogP contribution in [-0.2, 0) is 9.59 Å². The minimum Gasteiger partial charge on any atom is -0.356 e. The summed E-state index contributed by atoms with van der Waals surface area (Å²) in [7, 11) is 0. The Morgan fingerprint density at radius 1 is 1.23 bits per heavy atom. The second-order valence-corrected chi connectivity index (χ2v) is 6.64. The van der Waals surface area contributed by atoms with Gasteiger partial charge >= 0.3 is 0 Å². The molecule has 1 aliphatic heterocycles. The maximum absolute atomic E-state index is 12.2. The summed E-state index contributed by atoms with van der Waals surface area (Å²) < 4.78 is 0. The molecule has 1 unspecified atom stereocenters. The molecule has 1 N–H and O–H groups in total. The summed E-state index contributed by atoms with van der Waals surface area (Å²) in [5.74, 6) is 0.757. The van der Waals surface area contributed by atoms with Crippen LogP contribution in [-0.4, -0.2) is 24.9 Å². The first-order valence-corrected chi connectivity index (χ1v) is 8.28. The molecule has 22 heavy (non-hydrogen) atoms. The topological polar surface area (TPSA) is 49.4 Å². The van der Waals surface area contributed by atoms with Gasteiger partial charge in [0.25, 0.3) is 0 Å². The van der Waals surface area contributed by atoms with E-state index in [4.69, 9.17) is 0 Å². The fourth-order valence-electron chi connectivity index (χ4n) is 3.47. The number of nitrogens with one attached hydrogen (secondary N) is 1. The van der Waals surface area contributed by atoms with Gasteiger partial charge in [0.05, 0.1) is 0 Å². The minimum atomic E-state index is 0.156. The van der Waals surface area contributed by atoms with E-state index < -0.39 is 0 Å². The smallest absolute Gasteiger partial charge is 0.227 e. The molecule has 4 nitrogen and oxygen atoms in total. The highest BCUT2D eigenvalue weighted by Crippen LogP contribution is 2.26. The van der Waals surface area contributed by atoms with E-state index in [1.165, 1.54) is 18.4 Å². The monoisotopic (exact) mass is 300 g/mol. The van der Waals surface area contributed by atoms with Crippen molar-refractivity contribution in [2.24, 2.45) is 11.8 Å². The van der Waals surface area contributed by atoms with E-state index in [0.717, 1.165) is 18.5 Å². The zero-order chi connectivity index (χ0) is 15.5. The molecule has 4 heteroatoms. The Labute approximate surface area is 131 Å². The summed E-state index contributed by atoms with van der Waals surface area (Å²) >= 11 is 0. The number of aryl methyl sites for hydroxylation is 1. The second-order valence-electron chi connectivity index (χ2n) is 6.64. The lowest BCUT2D eigenvalue weighted by molar-refractivity contribution is -0.125. The van der Waals surface area contributed by atoms with Crippen molar-refractivity contribution in [1.29, 1.82) is 0 Å². The van der Waals surface area contributed by atoms with Crippen molar-refractivity contribution < 1.29 is 9.59 Å². The van der Waals surface area contributed by atoms with Crippen LogP contribution in [0, 0.1) is 18.8 Å². The van der Waals surface area contributed by atoms with Crippen LogP contribution in [0.3, 0.4) is 0 Å². The van der Waals surface area contributed by atoms with Gasteiger partial charge in [0.1, 0.15) is 0 Å². The second kappa shape index (κ2) is 6.51. The molecule has 1 atom stereocenters. The zero-order valence-corrected chi connectivity index (χ0v) is 13.2. The largest absolute Gasteiger partial charge is 0.356 e. The van der Waals surface area contributed by atoms with E-state index >= 15 is 0 Å². The maximum atomic E-state index is 12.2. The first kappa shape index (κ1) is 15.1. The summed E-state index contributed by atoms with van der Waals surface area (Å²) in [4.78, 5) is 26.1. The lowest BCUT2D eigenvalue weighted by atomic mass is 10.1. The third-order valence-electron chi connectivity index (χ3n) is 4.84. The van der Waals surface area contributed by atoms with Crippen molar-refractivity contribution in [2.45, 2.75) is 39.0 Å². The van der Waals surface area contributed by atoms with Crippen molar-refractivity contribution in [3.63, 3.8) is 0 Å². The number of anilines is 1. The highest BCUT2D eigenvalue weighted by atomic mass is 16.2. The summed E-state index contributed by atoms with van der Waals surface area (Å²) in [6.07, 6.45) is 4.90. The normalized spacial score (nSPS) is 22.3. The third kappa shape index (κ3) is 3.32. The highest BCUT2D eigenvalue weighted by molar-refractivity contribution is 5.95. The van der Waals surface area contributed by atoms with Crippen LogP contribution in [0.5, 0.6) is 0 Å². The highest BCUT2D eigenvalue weighted by Gasteiger charge is 2.31. The number of hydrogen-bond donors (Lipinski definition) is 1.